The van der Waals surface area contributed by atoms with Crippen molar-refractivity contribution in [3.63, 3.8) is 0 Å². The molecule has 324 valence electrons. The fraction of sp³-hybridized carbons (Fsp3) is 0.718. The molecule has 0 radical (unpaired) electrons. The Kier molecular flexibility index (Phi) is 19.2. The first-order valence-electron chi connectivity index (χ1n) is 19.3. The lowest BCUT2D eigenvalue weighted by molar-refractivity contribution is -0.167. The van der Waals surface area contributed by atoms with Crippen LogP contribution < -0.4 is 15.4 Å². The van der Waals surface area contributed by atoms with Gasteiger partial charge in [0.2, 0.25) is 17.7 Å². The van der Waals surface area contributed by atoms with E-state index in [0.717, 1.165) is 12.1 Å². The number of alkyl halides is 3. The number of likely N-dealkylation sites (N-methyl/N-ethyl adjacent to an activating group) is 2. The highest BCUT2D eigenvalue weighted by Crippen LogP contribution is 2.30. The Bertz CT molecular complexity index is 1490. The first-order chi connectivity index (χ1) is 26.5. The largest absolute Gasteiger partial charge is 0.588 e. The summed E-state index contributed by atoms with van der Waals surface area (Å²) in [6.45, 7) is 13.6. The van der Waals surface area contributed by atoms with Crippen LogP contribution in [-0.2, 0) is 44.8 Å². The number of rotatable bonds is 20. The number of carbonyl (C=O) groups excluding carboxylic acids is 5. The number of carbonyl (C=O) groups is 5. The minimum atomic E-state index is -5.08. The minimum absolute atomic E-state index is 0.00581. The lowest BCUT2D eigenvalue weighted by Gasteiger charge is -2.41. The molecule has 1 unspecified atom stereocenters. The van der Waals surface area contributed by atoms with Crippen LogP contribution in [0.2, 0.25) is 0 Å². The molecule has 1 fully saturated rings. The van der Waals surface area contributed by atoms with Crippen LogP contribution in [0.3, 0.4) is 0 Å². The number of hydrogen-bond acceptors (Lipinski definition) is 9. The highest BCUT2D eigenvalue weighted by Gasteiger charge is 2.44. The standard InChI is InChI=1S/C39H63F3N6O8S/c1-13-24(6)33(47(10)37(52)31(22(2)3)44-36(51)32(23(4)5)46(8)9)29(55-11)21-30(49)48-20-14-15-28(48)34(56-12)25(7)35(50)45-57(54)27-18-16-26(17-19-27)43-38(53)39(40,41)42/h16-19,22-25,28-29,31-34H,13-15,20-21H2,1-12H3,(H,43,53)(H,44,51)(H,45,50)/t24-,25+,28-,29+,31-,32-,33-,34+,57?/m0/s1. The van der Waals surface area contributed by atoms with E-state index in [1.54, 1.807) is 29.1 Å². The highest BCUT2D eigenvalue weighted by molar-refractivity contribution is 7.90. The number of ether oxygens (including phenoxy) is 2. The maximum absolute atomic E-state index is 14.2. The second-order valence-corrected chi connectivity index (χ2v) is 16.9. The molecule has 1 heterocycles. The number of likely N-dealkylation sites (tertiary alicyclic amines) is 1. The molecule has 1 aliphatic heterocycles. The maximum Gasteiger partial charge on any atom is 0.471 e. The summed E-state index contributed by atoms with van der Waals surface area (Å²) in [5.41, 5.74) is -0.170. The van der Waals surface area contributed by atoms with Gasteiger partial charge in [0.25, 0.3) is 5.91 Å². The first kappa shape index (κ1) is 49.7. The lowest BCUT2D eigenvalue weighted by Crippen LogP contribution is -2.59. The summed E-state index contributed by atoms with van der Waals surface area (Å²) < 4.78 is 65.0. The Labute approximate surface area is 338 Å². The molecule has 5 amide bonds. The minimum Gasteiger partial charge on any atom is -0.588 e. The number of amides is 5. The molecule has 18 heteroatoms. The predicted molar refractivity (Wildman–Crippen MR) is 211 cm³/mol. The van der Waals surface area contributed by atoms with E-state index in [-0.39, 0.29) is 52.5 Å². The molecule has 1 aromatic carbocycles. The van der Waals surface area contributed by atoms with Gasteiger partial charge in [-0.3, -0.25) is 28.9 Å². The normalized spacial score (nSPS) is 19.0. The molecule has 0 bridgehead atoms. The van der Waals surface area contributed by atoms with Gasteiger partial charge in [-0.25, -0.2) is 0 Å². The zero-order valence-electron chi connectivity index (χ0n) is 35.3. The number of nitrogens with one attached hydrogen (secondary N) is 3. The molecular weight excluding hydrogens is 770 g/mol. The topological polar surface area (TPSA) is 173 Å². The summed E-state index contributed by atoms with van der Waals surface area (Å²) in [5, 5.41) is 4.69. The second kappa shape index (κ2) is 22.1. The van der Waals surface area contributed by atoms with Gasteiger partial charge in [-0.2, -0.15) is 17.9 Å². The molecule has 0 aromatic heterocycles. The Morgan fingerprint density at radius 3 is 2.02 bits per heavy atom. The van der Waals surface area contributed by atoms with Crippen molar-refractivity contribution in [2.45, 2.75) is 122 Å². The Morgan fingerprint density at radius 2 is 1.54 bits per heavy atom. The third-order valence-corrected chi connectivity index (χ3v) is 11.8. The van der Waals surface area contributed by atoms with Crippen molar-refractivity contribution in [1.29, 1.82) is 0 Å². The smallest absolute Gasteiger partial charge is 0.471 e. The molecule has 0 saturated carbocycles. The molecule has 1 aromatic rings. The van der Waals surface area contributed by atoms with Gasteiger partial charge in [-0.1, -0.05) is 54.9 Å². The number of halogens is 3. The summed E-state index contributed by atoms with van der Waals surface area (Å²) in [7, 11) is 8.23. The van der Waals surface area contributed by atoms with E-state index in [2.05, 4.69) is 10.0 Å². The average molecular weight is 833 g/mol. The lowest BCUT2D eigenvalue weighted by atomic mass is 9.89. The Morgan fingerprint density at radius 1 is 0.947 bits per heavy atom. The van der Waals surface area contributed by atoms with Crippen molar-refractivity contribution in [3.8, 4) is 0 Å². The van der Waals surface area contributed by atoms with Gasteiger partial charge < -0.3 is 34.5 Å². The number of nitrogens with zero attached hydrogens (tertiary/aromatic N) is 3. The number of hydrogen-bond donors (Lipinski definition) is 3. The van der Waals surface area contributed by atoms with Crippen LogP contribution in [0, 0.1) is 23.7 Å². The quantitative estimate of drug-likeness (QED) is 0.165. The fourth-order valence-corrected chi connectivity index (χ4v) is 8.39. The van der Waals surface area contributed by atoms with Crippen LogP contribution in [0.15, 0.2) is 29.2 Å². The predicted octanol–water partition coefficient (Wildman–Crippen LogP) is 3.97. The molecule has 3 N–H and O–H groups in total. The number of benzene rings is 1. The van der Waals surface area contributed by atoms with Crippen molar-refractivity contribution in [3.05, 3.63) is 24.3 Å². The Balaban J connectivity index is 2.23. The monoisotopic (exact) mass is 832 g/mol. The number of methoxy groups -OCH3 is 2. The van der Waals surface area contributed by atoms with E-state index in [0.29, 0.717) is 25.8 Å². The molecule has 1 aliphatic rings. The number of anilines is 1. The van der Waals surface area contributed by atoms with Crippen LogP contribution in [0.4, 0.5) is 18.9 Å². The molecule has 1 saturated heterocycles. The summed E-state index contributed by atoms with van der Waals surface area (Å²) in [4.78, 5) is 71.5. The fourth-order valence-electron chi connectivity index (χ4n) is 7.52. The summed E-state index contributed by atoms with van der Waals surface area (Å²) in [6.07, 6.45) is -4.82. The highest BCUT2D eigenvalue weighted by atomic mass is 32.2. The first-order valence-corrected chi connectivity index (χ1v) is 20.5. The molecule has 57 heavy (non-hydrogen) atoms. The van der Waals surface area contributed by atoms with Crippen molar-refractivity contribution in [2.75, 3.05) is 47.2 Å². The van der Waals surface area contributed by atoms with Crippen LogP contribution in [0.1, 0.15) is 74.1 Å². The van der Waals surface area contributed by atoms with Crippen LogP contribution in [0.25, 0.3) is 0 Å². The van der Waals surface area contributed by atoms with Gasteiger partial charge >= 0.3 is 12.1 Å². The average Bonchev–Trinajstić information content (AvgIpc) is 3.62. The SMILES string of the molecule is CC[C@H](C)[C@@H]([C@@H](CC(=O)N1CCC[C@H]1[C@H](OC)[C@@H](C)C(=O)N[S+]([O-])c1ccc(NC(=O)C(F)(F)F)cc1)OC)N(C)C(=O)[C@@H](NC(=O)[C@H](C(C)C)N(C)C)C(C)C. The van der Waals surface area contributed by atoms with Crippen LogP contribution >= 0.6 is 0 Å². The zero-order valence-corrected chi connectivity index (χ0v) is 36.1. The van der Waals surface area contributed by atoms with E-state index in [9.17, 15) is 41.7 Å². The molecule has 14 nitrogen and oxygen atoms in total. The van der Waals surface area contributed by atoms with Gasteiger partial charge in [0.05, 0.1) is 42.7 Å². The van der Waals surface area contributed by atoms with Gasteiger partial charge in [0.15, 0.2) is 4.90 Å². The molecule has 9 atom stereocenters. The summed E-state index contributed by atoms with van der Waals surface area (Å²) in [5.74, 6) is -4.79. The Hall–Kier alpha value is -3.45. The van der Waals surface area contributed by atoms with E-state index in [1.807, 2.05) is 60.5 Å². The maximum atomic E-state index is 14.2. The van der Waals surface area contributed by atoms with Crippen molar-refractivity contribution in [1.82, 2.24) is 24.7 Å². The van der Waals surface area contributed by atoms with Gasteiger partial charge in [-0.15, -0.1) is 0 Å². The van der Waals surface area contributed by atoms with E-state index >= 15 is 0 Å². The molecule has 0 spiro atoms. The second-order valence-electron chi connectivity index (χ2n) is 15.7. The van der Waals surface area contributed by atoms with Crippen LogP contribution in [0.5, 0.6) is 0 Å². The van der Waals surface area contributed by atoms with Gasteiger partial charge in [0.1, 0.15) is 17.4 Å². The van der Waals surface area contributed by atoms with E-state index < -0.39 is 71.6 Å². The van der Waals surface area contributed by atoms with Crippen LogP contribution in [-0.4, -0.2) is 133 Å². The van der Waals surface area contributed by atoms with Gasteiger partial charge in [0, 0.05) is 33.5 Å². The third kappa shape index (κ3) is 13.3. The molecule has 2 rings (SSSR count). The molecular formula is C39H63F3N6O8S. The van der Waals surface area contributed by atoms with E-state index in [4.69, 9.17) is 9.47 Å². The van der Waals surface area contributed by atoms with Crippen molar-refractivity contribution >= 4 is 46.6 Å². The van der Waals surface area contributed by atoms with E-state index in [1.165, 1.54) is 26.4 Å². The zero-order chi connectivity index (χ0) is 43.5. The van der Waals surface area contributed by atoms with Crippen molar-refractivity contribution in [2.24, 2.45) is 23.7 Å². The summed E-state index contributed by atoms with van der Waals surface area (Å²) >= 11 is -2.10. The molecule has 0 aliphatic carbocycles. The van der Waals surface area contributed by atoms with Crippen molar-refractivity contribution < 1.29 is 51.2 Å². The summed E-state index contributed by atoms with van der Waals surface area (Å²) in [6, 6.07) is 2.40. The third-order valence-electron chi connectivity index (χ3n) is 10.7. The van der Waals surface area contributed by atoms with Gasteiger partial charge in [-0.05, 0) is 69.0 Å².